The molecule has 0 bridgehead atoms. The number of primary amides is 1. The molecule has 1 heterocycles. The molecule has 84 valence electrons. The molecule has 2 N–H and O–H groups in total. The number of nitrogens with two attached hydrogens (primary N) is 1. The Morgan fingerprint density at radius 1 is 1.31 bits per heavy atom. The highest BCUT2D eigenvalue weighted by Gasteiger charge is 2.35. The first-order valence-electron chi connectivity index (χ1n) is 5.84. The van der Waals surface area contributed by atoms with E-state index in [1.165, 1.54) is 12.8 Å². The summed E-state index contributed by atoms with van der Waals surface area (Å²) in [5.41, 5.74) is 6.96. The topological polar surface area (TPSA) is 52.3 Å². The van der Waals surface area contributed by atoms with Crippen LogP contribution in [0.4, 0.5) is 0 Å². The van der Waals surface area contributed by atoms with Crippen molar-refractivity contribution in [3.05, 3.63) is 29.3 Å². The predicted molar refractivity (Wildman–Crippen MR) is 60.4 cm³/mol. The predicted octanol–water partition coefficient (Wildman–Crippen LogP) is 1.89. The normalized spacial score (nSPS) is 23.4. The van der Waals surface area contributed by atoms with Gasteiger partial charge in [0.25, 0.3) is 0 Å². The molecule has 3 rings (SSSR count). The zero-order chi connectivity index (χ0) is 11.1. The van der Waals surface area contributed by atoms with Crippen LogP contribution in [-0.4, -0.2) is 12.0 Å². The zero-order valence-electron chi connectivity index (χ0n) is 9.11. The second-order valence-electron chi connectivity index (χ2n) is 4.68. The van der Waals surface area contributed by atoms with E-state index in [1.807, 2.05) is 12.1 Å². The molecule has 0 radical (unpaired) electrons. The molecule has 1 aromatic carbocycles. The van der Waals surface area contributed by atoms with Crippen molar-refractivity contribution in [2.24, 2.45) is 11.7 Å². The SMILES string of the molecule is NC(=O)c1cccc2c1CCC(C1CC1)O2. The molecule has 1 aromatic rings. The summed E-state index contributed by atoms with van der Waals surface area (Å²) in [4.78, 5) is 11.3. The van der Waals surface area contributed by atoms with Crippen LogP contribution in [0, 0.1) is 5.92 Å². The van der Waals surface area contributed by atoms with Crippen molar-refractivity contribution in [3.63, 3.8) is 0 Å². The number of fused-ring (bicyclic) bond motifs is 1. The maximum atomic E-state index is 11.3. The molecule has 0 aromatic heterocycles. The highest BCUT2D eigenvalue weighted by Crippen LogP contribution is 2.41. The Hall–Kier alpha value is -1.51. The summed E-state index contributed by atoms with van der Waals surface area (Å²) in [6, 6.07) is 5.56. The molecule has 0 saturated heterocycles. The smallest absolute Gasteiger partial charge is 0.249 e. The number of hydrogen-bond acceptors (Lipinski definition) is 2. The molecule has 3 nitrogen and oxygen atoms in total. The number of ether oxygens (including phenoxy) is 1. The number of rotatable bonds is 2. The average Bonchev–Trinajstić information content (AvgIpc) is 3.11. The minimum absolute atomic E-state index is 0.356. The van der Waals surface area contributed by atoms with E-state index in [4.69, 9.17) is 10.5 Å². The van der Waals surface area contributed by atoms with Gasteiger partial charge in [-0.2, -0.15) is 0 Å². The van der Waals surface area contributed by atoms with Crippen molar-refractivity contribution in [1.82, 2.24) is 0 Å². The second-order valence-corrected chi connectivity index (χ2v) is 4.68. The zero-order valence-corrected chi connectivity index (χ0v) is 9.11. The molecule has 1 aliphatic carbocycles. The molecule has 1 atom stereocenters. The van der Waals surface area contributed by atoms with Gasteiger partial charge < -0.3 is 10.5 Å². The van der Waals surface area contributed by atoms with Gasteiger partial charge in [0.15, 0.2) is 0 Å². The Labute approximate surface area is 94.6 Å². The third-order valence-electron chi connectivity index (χ3n) is 3.50. The van der Waals surface area contributed by atoms with E-state index < -0.39 is 0 Å². The minimum Gasteiger partial charge on any atom is -0.490 e. The van der Waals surface area contributed by atoms with Crippen LogP contribution in [-0.2, 0) is 6.42 Å². The van der Waals surface area contributed by atoms with Crippen molar-refractivity contribution in [2.75, 3.05) is 0 Å². The fourth-order valence-electron chi connectivity index (χ4n) is 2.47. The van der Waals surface area contributed by atoms with Crippen LogP contribution in [0.5, 0.6) is 5.75 Å². The van der Waals surface area contributed by atoms with Crippen molar-refractivity contribution in [2.45, 2.75) is 31.8 Å². The highest BCUT2D eigenvalue weighted by atomic mass is 16.5. The Kier molecular flexibility index (Phi) is 2.13. The van der Waals surface area contributed by atoms with Crippen LogP contribution in [0.25, 0.3) is 0 Å². The summed E-state index contributed by atoms with van der Waals surface area (Å²) in [6.07, 6.45) is 4.86. The maximum Gasteiger partial charge on any atom is 0.249 e. The van der Waals surface area contributed by atoms with E-state index in [0.29, 0.717) is 11.7 Å². The van der Waals surface area contributed by atoms with Gasteiger partial charge in [0.1, 0.15) is 11.9 Å². The van der Waals surface area contributed by atoms with E-state index in [0.717, 1.165) is 30.1 Å². The Balaban J connectivity index is 1.93. The van der Waals surface area contributed by atoms with Gasteiger partial charge in [0.05, 0.1) is 0 Å². The Morgan fingerprint density at radius 3 is 2.81 bits per heavy atom. The van der Waals surface area contributed by atoms with Gasteiger partial charge >= 0.3 is 0 Å². The quantitative estimate of drug-likeness (QED) is 0.822. The van der Waals surface area contributed by atoms with Crippen LogP contribution in [0.3, 0.4) is 0 Å². The van der Waals surface area contributed by atoms with E-state index in [2.05, 4.69) is 0 Å². The standard InChI is InChI=1S/C13H15NO2/c14-13(15)10-2-1-3-12-9(10)6-7-11(16-12)8-4-5-8/h1-3,8,11H,4-7H2,(H2,14,15). The van der Waals surface area contributed by atoms with Crippen LogP contribution in [0.15, 0.2) is 18.2 Å². The number of carbonyl (C=O) groups excluding carboxylic acids is 1. The number of amides is 1. The van der Waals surface area contributed by atoms with Gasteiger partial charge in [-0.1, -0.05) is 6.07 Å². The van der Waals surface area contributed by atoms with E-state index >= 15 is 0 Å². The first kappa shape index (κ1) is 9.70. The first-order chi connectivity index (χ1) is 7.75. The summed E-state index contributed by atoms with van der Waals surface area (Å²) in [5, 5.41) is 0. The van der Waals surface area contributed by atoms with Crippen LogP contribution >= 0.6 is 0 Å². The van der Waals surface area contributed by atoms with Crippen molar-refractivity contribution >= 4 is 5.91 Å². The van der Waals surface area contributed by atoms with Crippen molar-refractivity contribution in [1.29, 1.82) is 0 Å². The van der Waals surface area contributed by atoms with Gasteiger partial charge in [-0.15, -0.1) is 0 Å². The molecule has 16 heavy (non-hydrogen) atoms. The highest BCUT2D eigenvalue weighted by molar-refractivity contribution is 5.95. The molecule has 2 aliphatic rings. The molecular weight excluding hydrogens is 202 g/mol. The summed E-state index contributed by atoms with van der Waals surface area (Å²) in [7, 11) is 0. The number of carbonyl (C=O) groups is 1. The molecule has 1 fully saturated rings. The largest absolute Gasteiger partial charge is 0.490 e. The molecule has 1 aliphatic heterocycles. The third kappa shape index (κ3) is 1.56. The van der Waals surface area contributed by atoms with E-state index in [9.17, 15) is 4.79 Å². The Bertz CT molecular complexity index is 438. The summed E-state index contributed by atoms with van der Waals surface area (Å²) in [6.45, 7) is 0. The summed E-state index contributed by atoms with van der Waals surface area (Å²) >= 11 is 0. The lowest BCUT2D eigenvalue weighted by Gasteiger charge is -2.27. The first-order valence-corrected chi connectivity index (χ1v) is 5.84. The lowest BCUT2D eigenvalue weighted by Crippen LogP contribution is -2.26. The van der Waals surface area contributed by atoms with Crippen LogP contribution < -0.4 is 10.5 Å². The third-order valence-corrected chi connectivity index (χ3v) is 3.50. The second kappa shape index (κ2) is 3.51. The Morgan fingerprint density at radius 2 is 2.12 bits per heavy atom. The van der Waals surface area contributed by atoms with Gasteiger partial charge in [-0.3, -0.25) is 4.79 Å². The number of hydrogen-bond donors (Lipinski definition) is 1. The summed E-state index contributed by atoms with van der Waals surface area (Å²) in [5.74, 6) is 1.25. The molecule has 1 saturated carbocycles. The molecule has 3 heteroatoms. The number of benzene rings is 1. The fourth-order valence-corrected chi connectivity index (χ4v) is 2.47. The average molecular weight is 217 g/mol. The molecule has 1 unspecified atom stereocenters. The van der Waals surface area contributed by atoms with Crippen molar-refractivity contribution in [3.8, 4) is 5.75 Å². The summed E-state index contributed by atoms with van der Waals surface area (Å²) < 4.78 is 5.94. The molecular formula is C13H15NO2. The van der Waals surface area contributed by atoms with Gasteiger partial charge in [-0.05, 0) is 43.7 Å². The van der Waals surface area contributed by atoms with Gasteiger partial charge in [0, 0.05) is 11.1 Å². The monoisotopic (exact) mass is 217 g/mol. The van der Waals surface area contributed by atoms with Crippen molar-refractivity contribution < 1.29 is 9.53 Å². The molecule has 1 amide bonds. The lowest BCUT2D eigenvalue weighted by atomic mass is 9.95. The van der Waals surface area contributed by atoms with E-state index in [1.54, 1.807) is 6.07 Å². The van der Waals surface area contributed by atoms with E-state index in [-0.39, 0.29) is 5.91 Å². The van der Waals surface area contributed by atoms with Crippen LogP contribution in [0.2, 0.25) is 0 Å². The van der Waals surface area contributed by atoms with Gasteiger partial charge in [0.2, 0.25) is 5.91 Å². The molecule has 0 spiro atoms. The van der Waals surface area contributed by atoms with Crippen LogP contribution in [0.1, 0.15) is 35.2 Å². The van der Waals surface area contributed by atoms with Gasteiger partial charge in [-0.25, -0.2) is 0 Å². The maximum absolute atomic E-state index is 11.3. The lowest BCUT2D eigenvalue weighted by molar-refractivity contribution is 0.0994. The minimum atomic E-state index is -0.356. The fraction of sp³-hybridized carbons (Fsp3) is 0.462.